The maximum atomic E-state index is 11.5. The van der Waals surface area contributed by atoms with Gasteiger partial charge in [0.1, 0.15) is 0 Å². The molecule has 5 N–H and O–H groups in total. The van der Waals surface area contributed by atoms with E-state index in [-0.39, 0.29) is 13.1 Å². The zero-order chi connectivity index (χ0) is 13.7. The van der Waals surface area contributed by atoms with Gasteiger partial charge in [-0.05, 0) is 18.1 Å². The molecule has 0 saturated heterocycles. The number of benzene rings is 1. The van der Waals surface area contributed by atoms with Crippen LogP contribution in [0.4, 0.5) is 0 Å². The van der Waals surface area contributed by atoms with Crippen LogP contribution in [0.3, 0.4) is 0 Å². The van der Waals surface area contributed by atoms with Crippen molar-refractivity contribution in [3.8, 4) is 0 Å². The van der Waals surface area contributed by atoms with Gasteiger partial charge in [0, 0.05) is 36.7 Å². The van der Waals surface area contributed by atoms with Gasteiger partial charge in [0.25, 0.3) is 10.2 Å². The highest BCUT2D eigenvalue weighted by Crippen LogP contribution is 2.17. The third-order valence-electron chi connectivity index (χ3n) is 2.80. The number of rotatable bonds is 7. The number of H-pyrrole nitrogens is 1. The molecule has 2 rings (SSSR count). The first-order valence-corrected chi connectivity index (χ1v) is 7.60. The Kier molecular flexibility index (Phi) is 4.54. The van der Waals surface area contributed by atoms with Crippen LogP contribution in [0.25, 0.3) is 10.9 Å². The fourth-order valence-corrected chi connectivity index (χ4v) is 2.76. The Morgan fingerprint density at radius 2 is 1.89 bits per heavy atom. The molecule has 0 fully saturated rings. The number of nitrogens with two attached hydrogens (primary N) is 1. The fourth-order valence-electron chi connectivity index (χ4n) is 1.90. The summed E-state index contributed by atoms with van der Waals surface area (Å²) in [5, 5.41) is 1.12. The van der Waals surface area contributed by atoms with Crippen molar-refractivity contribution in [2.24, 2.45) is 5.73 Å². The Balaban J connectivity index is 1.93. The number of para-hydroxylation sites is 1. The maximum Gasteiger partial charge on any atom is 0.276 e. The van der Waals surface area contributed by atoms with Gasteiger partial charge in [0.15, 0.2) is 0 Å². The molecule has 0 unspecified atom stereocenters. The minimum absolute atomic E-state index is 0.239. The van der Waals surface area contributed by atoms with Crippen molar-refractivity contribution in [3.05, 3.63) is 36.0 Å². The standard InChI is InChI=1S/C12H18N4O2S/c13-6-8-16-19(17,18)15-7-5-10-9-14-12-4-2-1-3-11(10)12/h1-4,9,14-16H,5-8,13H2. The third kappa shape index (κ3) is 3.77. The number of aromatic amines is 1. The van der Waals surface area contributed by atoms with Gasteiger partial charge in [-0.1, -0.05) is 18.2 Å². The minimum atomic E-state index is -3.44. The van der Waals surface area contributed by atoms with Crippen LogP contribution in [0, 0.1) is 0 Å². The first kappa shape index (κ1) is 14.0. The van der Waals surface area contributed by atoms with Crippen LogP contribution in [-0.4, -0.2) is 33.0 Å². The molecule has 0 aliphatic heterocycles. The third-order valence-corrected chi connectivity index (χ3v) is 3.97. The summed E-state index contributed by atoms with van der Waals surface area (Å²) in [6.07, 6.45) is 2.54. The molecule has 104 valence electrons. The van der Waals surface area contributed by atoms with Gasteiger partial charge in [-0.2, -0.15) is 8.42 Å². The lowest BCUT2D eigenvalue weighted by Crippen LogP contribution is -2.39. The van der Waals surface area contributed by atoms with Crippen LogP contribution >= 0.6 is 0 Å². The van der Waals surface area contributed by atoms with E-state index in [1.165, 1.54) is 0 Å². The average molecular weight is 282 g/mol. The number of hydrogen-bond acceptors (Lipinski definition) is 3. The maximum absolute atomic E-state index is 11.5. The summed E-state index contributed by atoms with van der Waals surface area (Å²) < 4.78 is 27.8. The topological polar surface area (TPSA) is 100 Å². The van der Waals surface area contributed by atoms with E-state index in [2.05, 4.69) is 14.4 Å². The van der Waals surface area contributed by atoms with Crippen LogP contribution in [0.2, 0.25) is 0 Å². The van der Waals surface area contributed by atoms with Crippen molar-refractivity contribution in [2.75, 3.05) is 19.6 Å². The molecule has 7 heteroatoms. The van der Waals surface area contributed by atoms with Crippen molar-refractivity contribution in [3.63, 3.8) is 0 Å². The second-order valence-corrected chi connectivity index (χ2v) is 5.77. The first-order chi connectivity index (χ1) is 9.12. The number of hydrogen-bond donors (Lipinski definition) is 4. The highest BCUT2D eigenvalue weighted by molar-refractivity contribution is 7.87. The molecule has 0 atom stereocenters. The predicted molar refractivity (Wildman–Crippen MR) is 76.0 cm³/mol. The zero-order valence-corrected chi connectivity index (χ0v) is 11.3. The Morgan fingerprint density at radius 3 is 2.68 bits per heavy atom. The van der Waals surface area contributed by atoms with Crippen molar-refractivity contribution in [2.45, 2.75) is 6.42 Å². The highest BCUT2D eigenvalue weighted by atomic mass is 32.2. The summed E-state index contributed by atoms with van der Waals surface area (Å²) in [6, 6.07) is 7.93. The summed E-state index contributed by atoms with van der Waals surface area (Å²) in [4.78, 5) is 3.16. The van der Waals surface area contributed by atoms with Crippen LogP contribution in [0.1, 0.15) is 5.56 Å². The Bertz CT molecular complexity index is 636. The van der Waals surface area contributed by atoms with Gasteiger partial charge in [0.05, 0.1) is 0 Å². The van der Waals surface area contributed by atoms with Crippen LogP contribution in [0.5, 0.6) is 0 Å². The van der Waals surface area contributed by atoms with E-state index in [1.807, 2.05) is 30.5 Å². The van der Waals surface area contributed by atoms with E-state index in [9.17, 15) is 8.42 Å². The molecule has 2 aromatic rings. The fraction of sp³-hybridized carbons (Fsp3) is 0.333. The van der Waals surface area contributed by atoms with E-state index >= 15 is 0 Å². The summed E-state index contributed by atoms with van der Waals surface area (Å²) in [5.74, 6) is 0. The lowest BCUT2D eigenvalue weighted by Gasteiger charge is -2.06. The van der Waals surface area contributed by atoms with Gasteiger partial charge in [0.2, 0.25) is 0 Å². The lowest BCUT2D eigenvalue weighted by molar-refractivity contribution is 0.567. The molecule has 0 bridgehead atoms. The second kappa shape index (κ2) is 6.16. The first-order valence-electron chi connectivity index (χ1n) is 6.12. The molecular formula is C12H18N4O2S. The lowest BCUT2D eigenvalue weighted by atomic mass is 10.1. The van der Waals surface area contributed by atoms with Crippen molar-refractivity contribution in [1.29, 1.82) is 0 Å². The molecule has 0 aliphatic rings. The Morgan fingerprint density at radius 1 is 1.16 bits per heavy atom. The second-order valence-electron chi connectivity index (χ2n) is 4.19. The average Bonchev–Trinajstić information content (AvgIpc) is 2.80. The van der Waals surface area contributed by atoms with E-state index in [1.54, 1.807) is 0 Å². The Labute approximate surface area is 112 Å². The van der Waals surface area contributed by atoms with Crippen LogP contribution < -0.4 is 15.2 Å². The van der Waals surface area contributed by atoms with E-state index in [4.69, 9.17) is 5.73 Å². The quantitative estimate of drug-likeness (QED) is 0.579. The number of aromatic nitrogens is 1. The van der Waals surface area contributed by atoms with Gasteiger partial charge in [-0.3, -0.25) is 0 Å². The molecule has 0 amide bonds. The number of nitrogens with one attached hydrogen (secondary N) is 3. The molecule has 1 heterocycles. The molecule has 0 saturated carbocycles. The summed E-state index contributed by atoms with van der Waals surface area (Å²) in [7, 11) is -3.44. The predicted octanol–water partition coefficient (Wildman–Crippen LogP) is 0.0931. The summed E-state index contributed by atoms with van der Waals surface area (Å²) >= 11 is 0. The number of fused-ring (bicyclic) bond motifs is 1. The highest BCUT2D eigenvalue weighted by Gasteiger charge is 2.08. The smallest absolute Gasteiger partial charge is 0.276 e. The molecule has 6 nitrogen and oxygen atoms in total. The zero-order valence-electron chi connectivity index (χ0n) is 10.5. The molecule has 1 aromatic carbocycles. The molecule has 19 heavy (non-hydrogen) atoms. The van der Waals surface area contributed by atoms with Gasteiger partial charge < -0.3 is 10.7 Å². The van der Waals surface area contributed by atoms with Gasteiger partial charge in [-0.15, -0.1) is 0 Å². The molecular weight excluding hydrogens is 264 g/mol. The van der Waals surface area contributed by atoms with Gasteiger partial charge in [-0.25, -0.2) is 9.44 Å². The van der Waals surface area contributed by atoms with E-state index in [0.717, 1.165) is 16.5 Å². The van der Waals surface area contributed by atoms with E-state index < -0.39 is 10.2 Å². The van der Waals surface area contributed by atoms with Crippen molar-refractivity contribution in [1.82, 2.24) is 14.4 Å². The largest absolute Gasteiger partial charge is 0.361 e. The summed E-state index contributed by atoms with van der Waals surface area (Å²) in [6.45, 7) is 0.869. The summed E-state index contributed by atoms with van der Waals surface area (Å²) in [5.41, 5.74) is 7.40. The molecule has 0 radical (unpaired) electrons. The normalized spacial score (nSPS) is 12.1. The molecule has 0 spiro atoms. The van der Waals surface area contributed by atoms with Crippen LogP contribution in [0.15, 0.2) is 30.5 Å². The minimum Gasteiger partial charge on any atom is -0.361 e. The van der Waals surface area contributed by atoms with E-state index in [0.29, 0.717) is 13.0 Å². The van der Waals surface area contributed by atoms with Crippen molar-refractivity contribution < 1.29 is 8.42 Å². The monoisotopic (exact) mass is 282 g/mol. The SMILES string of the molecule is NCCNS(=O)(=O)NCCc1c[nH]c2ccccc12. The Hall–Kier alpha value is -1.41. The van der Waals surface area contributed by atoms with Crippen LogP contribution in [-0.2, 0) is 16.6 Å². The van der Waals surface area contributed by atoms with Gasteiger partial charge >= 0.3 is 0 Å². The molecule has 0 aliphatic carbocycles. The van der Waals surface area contributed by atoms with Crippen molar-refractivity contribution >= 4 is 21.1 Å². The molecule has 1 aromatic heterocycles.